The lowest BCUT2D eigenvalue weighted by Gasteiger charge is -2.25. The van der Waals surface area contributed by atoms with Gasteiger partial charge in [0.15, 0.2) is 4.80 Å². The molecule has 5 nitrogen and oxygen atoms in total. The van der Waals surface area contributed by atoms with Crippen LogP contribution in [0.5, 0.6) is 0 Å². The van der Waals surface area contributed by atoms with Crippen molar-refractivity contribution in [2.45, 2.75) is 19.9 Å². The summed E-state index contributed by atoms with van der Waals surface area (Å²) in [5.74, 6) is -0.467. The van der Waals surface area contributed by atoms with Crippen LogP contribution in [0.1, 0.15) is 31.0 Å². The SMILES string of the molecule is CCOC(=O)C1=C(C)N=c2s/c(=C\c3cccc(Cl)c3)c(=O)n2[C@@H]1c1cccc2ccccc12. The molecule has 1 atom stereocenters. The summed E-state index contributed by atoms with van der Waals surface area (Å²) in [7, 11) is 0. The van der Waals surface area contributed by atoms with E-state index in [1.807, 2.05) is 54.6 Å². The number of ether oxygens (including phenoxy) is 1. The number of fused-ring (bicyclic) bond motifs is 2. The minimum Gasteiger partial charge on any atom is -0.463 e. The average Bonchev–Trinajstić information content (AvgIpc) is 3.12. The maximum absolute atomic E-state index is 13.7. The molecule has 1 aliphatic rings. The second kappa shape index (κ2) is 9.05. The number of esters is 1. The highest BCUT2D eigenvalue weighted by atomic mass is 35.5. The van der Waals surface area contributed by atoms with Crippen molar-refractivity contribution in [2.75, 3.05) is 6.61 Å². The first-order chi connectivity index (χ1) is 16.5. The third-order valence-corrected chi connectivity index (χ3v) is 7.00. The highest BCUT2D eigenvalue weighted by Crippen LogP contribution is 2.34. The third-order valence-electron chi connectivity index (χ3n) is 5.78. The van der Waals surface area contributed by atoms with E-state index in [0.717, 1.165) is 21.9 Å². The molecule has 0 spiro atoms. The van der Waals surface area contributed by atoms with E-state index in [9.17, 15) is 9.59 Å². The molecule has 4 aromatic rings. The van der Waals surface area contributed by atoms with E-state index < -0.39 is 12.0 Å². The topological polar surface area (TPSA) is 60.7 Å². The molecule has 0 N–H and O–H groups in total. The van der Waals surface area contributed by atoms with E-state index >= 15 is 0 Å². The van der Waals surface area contributed by atoms with Crippen LogP contribution >= 0.6 is 22.9 Å². The minimum atomic E-state index is -0.650. The summed E-state index contributed by atoms with van der Waals surface area (Å²) in [6, 6.07) is 20.5. The Labute approximate surface area is 204 Å². The maximum atomic E-state index is 13.7. The predicted octanol–water partition coefficient (Wildman–Crippen LogP) is 4.60. The Morgan fingerprint density at radius 3 is 2.71 bits per heavy atom. The molecule has 2 heterocycles. The third kappa shape index (κ3) is 3.89. The number of halogens is 1. The molecule has 0 fully saturated rings. The van der Waals surface area contributed by atoms with Gasteiger partial charge < -0.3 is 4.74 Å². The number of aromatic nitrogens is 1. The van der Waals surface area contributed by atoms with Crippen molar-refractivity contribution in [3.63, 3.8) is 0 Å². The van der Waals surface area contributed by atoms with Crippen LogP contribution in [-0.2, 0) is 9.53 Å². The summed E-state index contributed by atoms with van der Waals surface area (Å²) < 4.78 is 7.53. The fraction of sp³-hybridized carbons (Fsp3) is 0.148. The normalized spacial score (nSPS) is 15.9. The van der Waals surface area contributed by atoms with Crippen LogP contribution in [-0.4, -0.2) is 17.1 Å². The molecule has 5 rings (SSSR count). The Balaban J connectivity index is 1.81. The smallest absolute Gasteiger partial charge is 0.338 e. The Bertz CT molecular complexity index is 1640. The minimum absolute atomic E-state index is 0.212. The molecule has 1 aliphatic heterocycles. The molecule has 0 unspecified atom stereocenters. The molecule has 7 heteroatoms. The Kier molecular flexibility index (Phi) is 5.94. The number of allylic oxidation sites excluding steroid dienone is 1. The van der Waals surface area contributed by atoms with E-state index in [4.69, 9.17) is 16.3 Å². The van der Waals surface area contributed by atoms with Crippen molar-refractivity contribution in [1.29, 1.82) is 0 Å². The molecule has 0 saturated heterocycles. The number of carbonyl (C=O) groups is 1. The zero-order chi connectivity index (χ0) is 23.8. The largest absolute Gasteiger partial charge is 0.463 e. The zero-order valence-electron chi connectivity index (χ0n) is 18.6. The molecule has 3 aromatic carbocycles. The van der Waals surface area contributed by atoms with Gasteiger partial charge in [0.1, 0.15) is 0 Å². The lowest BCUT2D eigenvalue weighted by molar-refractivity contribution is -0.139. The highest BCUT2D eigenvalue weighted by Gasteiger charge is 2.34. The van der Waals surface area contributed by atoms with Gasteiger partial charge in [0.2, 0.25) is 0 Å². The van der Waals surface area contributed by atoms with Crippen molar-refractivity contribution in [3.05, 3.63) is 114 Å². The summed E-state index contributed by atoms with van der Waals surface area (Å²) in [5.41, 5.74) is 2.38. The van der Waals surface area contributed by atoms with E-state index in [1.54, 1.807) is 36.6 Å². The molecular formula is C27H21ClN2O3S. The van der Waals surface area contributed by atoms with Crippen LogP contribution in [0.3, 0.4) is 0 Å². The van der Waals surface area contributed by atoms with Crippen LogP contribution in [0.2, 0.25) is 5.02 Å². The quantitative estimate of drug-likeness (QED) is 0.394. The highest BCUT2D eigenvalue weighted by molar-refractivity contribution is 7.07. The van der Waals surface area contributed by atoms with Crippen LogP contribution in [0.25, 0.3) is 16.8 Å². The number of nitrogens with zero attached hydrogens (tertiary/aromatic N) is 2. The van der Waals surface area contributed by atoms with Gasteiger partial charge in [0.25, 0.3) is 5.56 Å². The molecule has 34 heavy (non-hydrogen) atoms. The van der Waals surface area contributed by atoms with Gasteiger partial charge in [-0.05, 0) is 54.0 Å². The maximum Gasteiger partial charge on any atom is 0.338 e. The molecule has 0 amide bonds. The van der Waals surface area contributed by atoms with E-state index in [1.165, 1.54) is 11.3 Å². The summed E-state index contributed by atoms with van der Waals surface area (Å²) in [6.45, 7) is 3.79. The number of carbonyl (C=O) groups excluding carboxylic acids is 1. The van der Waals surface area contributed by atoms with E-state index in [0.29, 0.717) is 25.6 Å². The van der Waals surface area contributed by atoms with Gasteiger partial charge in [-0.3, -0.25) is 9.36 Å². The van der Waals surface area contributed by atoms with Gasteiger partial charge in [-0.25, -0.2) is 9.79 Å². The predicted molar refractivity (Wildman–Crippen MR) is 136 cm³/mol. The summed E-state index contributed by atoms with van der Waals surface area (Å²) in [4.78, 5) is 32.0. The summed E-state index contributed by atoms with van der Waals surface area (Å²) >= 11 is 7.43. The number of rotatable bonds is 4. The van der Waals surface area contributed by atoms with Crippen LogP contribution < -0.4 is 14.9 Å². The van der Waals surface area contributed by atoms with Gasteiger partial charge >= 0.3 is 5.97 Å². The molecular weight excluding hydrogens is 468 g/mol. The van der Waals surface area contributed by atoms with Crippen molar-refractivity contribution in [1.82, 2.24) is 4.57 Å². The fourth-order valence-corrected chi connectivity index (χ4v) is 5.57. The monoisotopic (exact) mass is 488 g/mol. The molecule has 170 valence electrons. The van der Waals surface area contributed by atoms with Crippen molar-refractivity contribution < 1.29 is 9.53 Å². The lowest BCUT2D eigenvalue weighted by atomic mass is 9.91. The summed E-state index contributed by atoms with van der Waals surface area (Å²) in [5, 5.41) is 2.59. The summed E-state index contributed by atoms with van der Waals surface area (Å²) in [6.07, 6.45) is 1.80. The Morgan fingerprint density at radius 1 is 1.15 bits per heavy atom. The van der Waals surface area contributed by atoms with Crippen LogP contribution in [0.15, 0.2) is 87.8 Å². The lowest BCUT2D eigenvalue weighted by Crippen LogP contribution is -2.40. The van der Waals surface area contributed by atoms with Gasteiger partial charge in [-0.15, -0.1) is 0 Å². The van der Waals surface area contributed by atoms with Crippen LogP contribution in [0, 0.1) is 0 Å². The Morgan fingerprint density at radius 2 is 1.91 bits per heavy atom. The zero-order valence-corrected chi connectivity index (χ0v) is 20.2. The second-order valence-electron chi connectivity index (χ2n) is 7.93. The molecule has 0 bridgehead atoms. The Hall–Kier alpha value is -3.48. The standard InChI is InChI=1S/C27H21ClN2O3S/c1-3-33-26(32)23-16(2)29-27-30(24(23)21-13-7-10-18-9-4-5-12-20(18)21)25(31)22(34-27)15-17-8-6-11-19(28)14-17/h4-15,24H,3H2,1-2H3/b22-15-/t24-/m1/s1. The molecule has 0 saturated carbocycles. The molecule has 0 radical (unpaired) electrons. The van der Waals surface area contributed by atoms with E-state index in [-0.39, 0.29) is 12.2 Å². The van der Waals surface area contributed by atoms with Gasteiger partial charge in [-0.2, -0.15) is 0 Å². The van der Waals surface area contributed by atoms with E-state index in [2.05, 4.69) is 4.99 Å². The number of thiazole rings is 1. The van der Waals surface area contributed by atoms with Crippen molar-refractivity contribution in [2.24, 2.45) is 4.99 Å². The number of hydrogen-bond donors (Lipinski definition) is 0. The van der Waals surface area contributed by atoms with Crippen LogP contribution in [0.4, 0.5) is 0 Å². The first-order valence-electron chi connectivity index (χ1n) is 10.9. The fourth-order valence-electron chi connectivity index (χ4n) is 4.32. The first-order valence-corrected chi connectivity index (χ1v) is 12.1. The van der Waals surface area contributed by atoms with Gasteiger partial charge in [0, 0.05) is 5.02 Å². The molecule has 0 aliphatic carbocycles. The second-order valence-corrected chi connectivity index (χ2v) is 9.37. The van der Waals surface area contributed by atoms with Crippen molar-refractivity contribution in [3.8, 4) is 0 Å². The number of hydrogen-bond acceptors (Lipinski definition) is 5. The number of benzene rings is 3. The molecule has 1 aromatic heterocycles. The van der Waals surface area contributed by atoms with Gasteiger partial charge in [-0.1, -0.05) is 77.5 Å². The average molecular weight is 489 g/mol. The van der Waals surface area contributed by atoms with Gasteiger partial charge in [0.05, 0.1) is 28.5 Å². The van der Waals surface area contributed by atoms with Crippen molar-refractivity contribution >= 4 is 45.8 Å². The first kappa shape index (κ1) is 22.3.